The van der Waals surface area contributed by atoms with Gasteiger partial charge in [-0.2, -0.15) is 0 Å². The topological polar surface area (TPSA) is 110 Å². The first-order chi connectivity index (χ1) is 12.5. The maximum Gasteiger partial charge on any atom is 0.311 e. The second-order valence-corrected chi connectivity index (χ2v) is 6.05. The number of benzene rings is 1. The van der Waals surface area contributed by atoms with Crippen LogP contribution in [0.4, 0.5) is 5.69 Å². The summed E-state index contributed by atoms with van der Waals surface area (Å²) in [4.78, 5) is 22.0. The number of unbranched alkanes of at least 4 members (excludes halogenated alkanes) is 5. The number of rotatable bonds is 13. The molecule has 0 aliphatic heterocycles. The molecule has 7 heteroatoms. The van der Waals surface area contributed by atoms with Gasteiger partial charge in [0.05, 0.1) is 11.5 Å². The highest BCUT2D eigenvalue weighted by Crippen LogP contribution is 2.26. The Labute approximate surface area is 153 Å². The third kappa shape index (κ3) is 8.22. The molecule has 0 aliphatic carbocycles. The van der Waals surface area contributed by atoms with Crippen molar-refractivity contribution in [1.82, 2.24) is 0 Å². The van der Waals surface area contributed by atoms with E-state index in [4.69, 9.17) is 4.74 Å². The molecule has 0 spiro atoms. The van der Waals surface area contributed by atoms with E-state index >= 15 is 0 Å². The van der Waals surface area contributed by atoms with Crippen LogP contribution < -0.4 is 0 Å². The lowest BCUT2D eigenvalue weighted by molar-refractivity contribution is -0.385. The molecule has 0 saturated heterocycles. The summed E-state index contributed by atoms with van der Waals surface area (Å²) < 4.78 is 5.24. The molecule has 1 unspecified atom stereocenters. The van der Waals surface area contributed by atoms with Crippen LogP contribution in [0.1, 0.15) is 62.2 Å². The van der Waals surface area contributed by atoms with Gasteiger partial charge in [-0.25, -0.2) is 0 Å². The minimum atomic E-state index is -1.08. The number of aromatic hydroxyl groups is 1. The van der Waals surface area contributed by atoms with E-state index in [2.05, 4.69) is 6.92 Å². The summed E-state index contributed by atoms with van der Waals surface area (Å²) in [6, 6.07) is 3.48. The molecule has 0 bridgehead atoms. The predicted octanol–water partition coefficient (Wildman–Crippen LogP) is 4.12. The zero-order valence-corrected chi connectivity index (χ0v) is 15.1. The first kappa shape index (κ1) is 21.8. The normalized spacial score (nSPS) is 12.4. The van der Waals surface area contributed by atoms with Crippen molar-refractivity contribution in [3.05, 3.63) is 46.0 Å². The van der Waals surface area contributed by atoms with Crippen molar-refractivity contribution in [2.45, 2.75) is 58.2 Å². The van der Waals surface area contributed by atoms with E-state index in [0.717, 1.165) is 31.4 Å². The number of carbonyl (C=O) groups is 1. The van der Waals surface area contributed by atoms with Gasteiger partial charge in [0.25, 0.3) is 0 Å². The second-order valence-electron chi connectivity index (χ2n) is 6.05. The van der Waals surface area contributed by atoms with Gasteiger partial charge in [-0.05, 0) is 24.6 Å². The number of Topliss-reactive ketones (excluding diaryl/α,β-unsaturated/α-hetero) is 1. The van der Waals surface area contributed by atoms with Crippen LogP contribution in [0.5, 0.6) is 5.75 Å². The van der Waals surface area contributed by atoms with E-state index in [0.29, 0.717) is 6.61 Å². The number of phenols is 1. The molecule has 0 fully saturated rings. The Bertz CT molecular complexity index is 614. The lowest BCUT2D eigenvalue weighted by atomic mass is 10.1. The molecular formula is C19H27NO6. The minimum Gasteiger partial charge on any atom is -0.502 e. The molecule has 1 aromatic rings. The van der Waals surface area contributed by atoms with E-state index in [1.807, 2.05) is 0 Å². The third-order valence-electron chi connectivity index (χ3n) is 3.88. The number of nitro benzene ring substituents is 1. The van der Waals surface area contributed by atoms with Crippen LogP contribution in [0.3, 0.4) is 0 Å². The Morgan fingerprint density at radius 2 is 1.96 bits per heavy atom. The number of aliphatic hydroxyl groups is 1. The van der Waals surface area contributed by atoms with Gasteiger partial charge >= 0.3 is 5.69 Å². The number of carbonyl (C=O) groups excluding carboxylic acids is 1. The van der Waals surface area contributed by atoms with Crippen LogP contribution in [-0.2, 0) is 4.74 Å². The Balaban J connectivity index is 2.33. The fraction of sp³-hybridized carbons (Fsp3) is 0.526. The number of aliphatic hydroxyl groups excluding tert-OH is 1. The Morgan fingerprint density at radius 3 is 2.65 bits per heavy atom. The molecule has 26 heavy (non-hydrogen) atoms. The molecule has 0 radical (unpaired) electrons. The zero-order valence-electron chi connectivity index (χ0n) is 15.1. The first-order valence-electron chi connectivity index (χ1n) is 8.92. The largest absolute Gasteiger partial charge is 0.502 e. The average molecular weight is 365 g/mol. The highest BCUT2D eigenvalue weighted by atomic mass is 16.6. The molecule has 0 heterocycles. The van der Waals surface area contributed by atoms with Crippen molar-refractivity contribution < 1.29 is 24.7 Å². The SMILES string of the molecule is CCCCCCCCOC(O)C=CCC(=O)c1ccc(O)c([N+](=O)[O-])c1. The van der Waals surface area contributed by atoms with E-state index < -0.39 is 22.7 Å². The smallest absolute Gasteiger partial charge is 0.311 e. The highest BCUT2D eigenvalue weighted by Gasteiger charge is 2.16. The van der Waals surface area contributed by atoms with Crippen molar-refractivity contribution in [3.63, 3.8) is 0 Å². The molecule has 2 N–H and O–H groups in total. The van der Waals surface area contributed by atoms with Crippen LogP contribution in [0, 0.1) is 10.1 Å². The molecule has 0 saturated carbocycles. The average Bonchev–Trinajstić information content (AvgIpc) is 2.61. The lowest BCUT2D eigenvalue weighted by Gasteiger charge is -2.07. The standard InChI is InChI=1S/C19H27NO6/c1-2-3-4-5-6-7-13-26-19(23)10-8-9-17(21)15-11-12-18(22)16(14-15)20(24)25/h8,10-12,14,19,22-23H,2-7,9,13H2,1H3. The molecule has 0 aliphatic rings. The Kier molecular flexibility index (Phi) is 10.2. The van der Waals surface area contributed by atoms with Crippen molar-refractivity contribution >= 4 is 11.5 Å². The van der Waals surface area contributed by atoms with Gasteiger partial charge in [-0.1, -0.05) is 45.1 Å². The summed E-state index contributed by atoms with van der Waals surface area (Å²) >= 11 is 0. The molecule has 0 aromatic heterocycles. The Morgan fingerprint density at radius 1 is 1.27 bits per heavy atom. The summed E-state index contributed by atoms with van der Waals surface area (Å²) in [5, 5.41) is 29.8. The van der Waals surface area contributed by atoms with E-state index in [-0.39, 0.29) is 17.8 Å². The second kappa shape index (κ2) is 12.2. The number of hydrogen-bond donors (Lipinski definition) is 2. The van der Waals surface area contributed by atoms with Crippen LogP contribution in [0.25, 0.3) is 0 Å². The van der Waals surface area contributed by atoms with Gasteiger partial charge in [-0.15, -0.1) is 0 Å². The van der Waals surface area contributed by atoms with Crippen LogP contribution in [0.15, 0.2) is 30.4 Å². The van der Waals surface area contributed by atoms with Crippen LogP contribution in [-0.4, -0.2) is 33.8 Å². The van der Waals surface area contributed by atoms with Gasteiger partial charge in [0, 0.05) is 18.1 Å². The Hall–Kier alpha value is -2.25. The number of ketones is 1. The van der Waals surface area contributed by atoms with Crippen molar-refractivity contribution in [1.29, 1.82) is 0 Å². The number of nitrogens with zero attached hydrogens (tertiary/aromatic N) is 1. The van der Waals surface area contributed by atoms with Gasteiger partial charge < -0.3 is 14.9 Å². The third-order valence-corrected chi connectivity index (χ3v) is 3.88. The van der Waals surface area contributed by atoms with Gasteiger partial charge in [0.1, 0.15) is 0 Å². The summed E-state index contributed by atoms with van der Waals surface area (Å²) in [5.74, 6) is -0.840. The fourth-order valence-corrected chi connectivity index (χ4v) is 2.39. The summed E-state index contributed by atoms with van der Waals surface area (Å²) in [6.07, 6.45) is 8.51. The minimum absolute atomic E-state index is 0.0284. The number of ether oxygens (including phenoxy) is 1. The van der Waals surface area contributed by atoms with Crippen LogP contribution >= 0.6 is 0 Å². The van der Waals surface area contributed by atoms with Gasteiger partial charge in [-0.3, -0.25) is 14.9 Å². The molecule has 1 rings (SSSR count). The molecule has 1 atom stereocenters. The van der Waals surface area contributed by atoms with E-state index in [9.17, 15) is 25.1 Å². The van der Waals surface area contributed by atoms with Crippen molar-refractivity contribution in [2.24, 2.45) is 0 Å². The molecule has 7 nitrogen and oxygen atoms in total. The zero-order chi connectivity index (χ0) is 19.4. The quantitative estimate of drug-likeness (QED) is 0.136. The summed E-state index contributed by atoms with van der Waals surface area (Å²) in [5.41, 5.74) is -0.385. The number of allylic oxidation sites excluding steroid dienone is 1. The predicted molar refractivity (Wildman–Crippen MR) is 98.2 cm³/mol. The summed E-state index contributed by atoms with van der Waals surface area (Å²) in [7, 11) is 0. The van der Waals surface area contributed by atoms with Crippen molar-refractivity contribution in [3.8, 4) is 5.75 Å². The number of hydrogen-bond acceptors (Lipinski definition) is 6. The lowest BCUT2D eigenvalue weighted by Crippen LogP contribution is -2.09. The van der Waals surface area contributed by atoms with Gasteiger partial charge in [0.2, 0.25) is 0 Å². The molecule has 1 aromatic carbocycles. The fourth-order valence-electron chi connectivity index (χ4n) is 2.39. The van der Waals surface area contributed by atoms with E-state index in [1.54, 1.807) is 0 Å². The van der Waals surface area contributed by atoms with Gasteiger partial charge in [0.15, 0.2) is 17.8 Å². The van der Waals surface area contributed by atoms with Crippen LogP contribution in [0.2, 0.25) is 0 Å². The van der Waals surface area contributed by atoms with Crippen molar-refractivity contribution in [2.75, 3.05) is 6.61 Å². The molecule has 0 amide bonds. The summed E-state index contributed by atoms with van der Waals surface area (Å²) in [6.45, 7) is 2.62. The first-order valence-corrected chi connectivity index (χ1v) is 8.92. The monoisotopic (exact) mass is 365 g/mol. The maximum atomic E-state index is 12.0. The number of nitro groups is 1. The number of phenolic OH excluding ortho intramolecular Hbond substituents is 1. The van der Waals surface area contributed by atoms with E-state index in [1.165, 1.54) is 37.5 Å². The maximum absolute atomic E-state index is 12.0. The molecule has 144 valence electrons. The molecular weight excluding hydrogens is 338 g/mol. The highest BCUT2D eigenvalue weighted by molar-refractivity contribution is 5.97.